The van der Waals surface area contributed by atoms with Gasteiger partial charge in [0.2, 0.25) is 0 Å². The molecule has 0 spiro atoms. The molecule has 2 heterocycles. The minimum absolute atomic E-state index is 0.189. The number of likely N-dealkylation sites (tertiary alicyclic amines) is 1. The van der Waals surface area contributed by atoms with Gasteiger partial charge in [-0.2, -0.15) is 0 Å². The first-order valence-electron chi connectivity index (χ1n) is 8.52. The summed E-state index contributed by atoms with van der Waals surface area (Å²) >= 11 is 0. The molecule has 6 nitrogen and oxygen atoms in total. The van der Waals surface area contributed by atoms with Crippen molar-refractivity contribution in [2.75, 3.05) is 19.6 Å². The first-order chi connectivity index (χ1) is 10.8. The van der Waals surface area contributed by atoms with E-state index in [2.05, 4.69) is 14.9 Å². The highest BCUT2D eigenvalue weighted by Gasteiger charge is 2.24. The summed E-state index contributed by atoms with van der Waals surface area (Å²) in [6, 6.07) is 0.461. The molecule has 1 fully saturated rings. The zero-order valence-electron chi connectivity index (χ0n) is 14.8. The zero-order chi connectivity index (χ0) is 16.9. The van der Waals surface area contributed by atoms with Crippen LogP contribution in [-0.4, -0.2) is 51.8 Å². The maximum Gasteiger partial charge on any atom is 0.410 e. The van der Waals surface area contributed by atoms with Crippen LogP contribution in [0.3, 0.4) is 0 Å². The molecule has 1 aliphatic rings. The number of nitrogens with zero attached hydrogens (tertiary/aromatic N) is 3. The Morgan fingerprint density at radius 3 is 2.83 bits per heavy atom. The number of carbonyl (C=O) groups is 1. The van der Waals surface area contributed by atoms with E-state index in [1.54, 1.807) is 0 Å². The molecule has 1 N–H and O–H groups in total. The third-order valence-electron chi connectivity index (χ3n) is 4.08. The van der Waals surface area contributed by atoms with E-state index < -0.39 is 5.60 Å². The summed E-state index contributed by atoms with van der Waals surface area (Å²) in [6.45, 7) is 8.18. The number of carbonyl (C=O) groups excluding carboxylic acids is 1. The number of hydrogen-bond donors (Lipinski definition) is 1. The highest BCUT2D eigenvalue weighted by molar-refractivity contribution is 5.68. The van der Waals surface area contributed by atoms with Crippen LogP contribution in [0.1, 0.15) is 45.9 Å². The van der Waals surface area contributed by atoms with Crippen LogP contribution in [0.2, 0.25) is 0 Å². The Balaban J connectivity index is 1.73. The topological polar surface area (TPSA) is 59.4 Å². The fraction of sp³-hybridized carbons (Fsp3) is 0.765. The molecule has 1 aliphatic heterocycles. The van der Waals surface area contributed by atoms with E-state index in [9.17, 15) is 4.79 Å². The number of imidazole rings is 1. The van der Waals surface area contributed by atoms with Crippen molar-refractivity contribution in [1.82, 2.24) is 19.8 Å². The standard InChI is InChI=1S/C17H30N4O2/c1-17(2,3)23-16(22)21-11-5-6-14(8-12-21)18-9-7-15-19-10-13-20(15)4/h10,13-14,18H,5-9,11-12H2,1-4H3. The van der Waals surface area contributed by atoms with Crippen molar-refractivity contribution >= 4 is 6.09 Å². The van der Waals surface area contributed by atoms with Crippen LogP contribution in [0.4, 0.5) is 4.79 Å². The Bertz CT molecular complexity index is 507. The van der Waals surface area contributed by atoms with Crippen molar-refractivity contribution in [3.8, 4) is 0 Å². The Hall–Kier alpha value is -1.56. The number of amides is 1. The maximum atomic E-state index is 12.2. The van der Waals surface area contributed by atoms with Gasteiger partial charge in [-0.15, -0.1) is 0 Å². The minimum Gasteiger partial charge on any atom is -0.444 e. The molecule has 1 atom stereocenters. The number of rotatable bonds is 4. The predicted molar refractivity (Wildman–Crippen MR) is 90.4 cm³/mol. The fourth-order valence-corrected chi connectivity index (χ4v) is 2.84. The van der Waals surface area contributed by atoms with Gasteiger partial charge in [-0.25, -0.2) is 9.78 Å². The van der Waals surface area contributed by atoms with Gasteiger partial charge in [-0.3, -0.25) is 0 Å². The minimum atomic E-state index is -0.427. The van der Waals surface area contributed by atoms with Gasteiger partial charge in [-0.05, 0) is 40.0 Å². The molecule has 1 saturated heterocycles. The number of nitrogens with one attached hydrogen (secondary N) is 1. The summed E-state index contributed by atoms with van der Waals surface area (Å²) in [4.78, 5) is 18.3. The fourth-order valence-electron chi connectivity index (χ4n) is 2.84. The second kappa shape index (κ2) is 7.81. The molecule has 2 rings (SSSR count). The van der Waals surface area contributed by atoms with Gasteiger partial charge in [0.05, 0.1) is 0 Å². The quantitative estimate of drug-likeness (QED) is 0.924. The number of aromatic nitrogens is 2. The third kappa shape index (κ3) is 5.86. The summed E-state index contributed by atoms with van der Waals surface area (Å²) in [5.41, 5.74) is -0.427. The van der Waals surface area contributed by atoms with Crippen LogP contribution < -0.4 is 5.32 Å². The van der Waals surface area contributed by atoms with Crippen molar-refractivity contribution < 1.29 is 9.53 Å². The molecule has 1 aromatic heterocycles. The van der Waals surface area contributed by atoms with E-state index in [0.29, 0.717) is 6.04 Å². The van der Waals surface area contributed by atoms with E-state index in [0.717, 1.165) is 51.1 Å². The summed E-state index contributed by atoms with van der Waals surface area (Å²) in [5, 5.41) is 3.60. The van der Waals surface area contributed by atoms with Gasteiger partial charge in [0.25, 0.3) is 0 Å². The van der Waals surface area contributed by atoms with Gasteiger partial charge < -0.3 is 19.5 Å². The molecule has 1 unspecified atom stereocenters. The smallest absolute Gasteiger partial charge is 0.410 e. The molecule has 23 heavy (non-hydrogen) atoms. The van der Waals surface area contributed by atoms with Gasteiger partial charge in [0.15, 0.2) is 0 Å². The average Bonchev–Trinajstić information content (AvgIpc) is 2.72. The molecule has 0 aromatic carbocycles. The normalized spacial score (nSPS) is 19.5. The van der Waals surface area contributed by atoms with E-state index in [4.69, 9.17) is 4.74 Å². The number of ether oxygens (including phenoxy) is 1. The zero-order valence-corrected chi connectivity index (χ0v) is 14.8. The largest absolute Gasteiger partial charge is 0.444 e. The Morgan fingerprint density at radius 1 is 1.39 bits per heavy atom. The molecule has 1 aromatic rings. The molecule has 0 radical (unpaired) electrons. The lowest BCUT2D eigenvalue weighted by atomic mass is 10.1. The predicted octanol–water partition coefficient (Wildman–Crippen LogP) is 2.34. The summed E-state index contributed by atoms with van der Waals surface area (Å²) < 4.78 is 7.52. The van der Waals surface area contributed by atoms with Crippen molar-refractivity contribution in [3.63, 3.8) is 0 Å². The van der Waals surface area contributed by atoms with Crippen LogP contribution in [0.5, 0.6) is 0 Å². The lowest BCUT2D eigenvalue weighted by molar-refractivity contribution is 0.0256. The van der Waals surface area contributed by atoms with Crippen molar-refractivity contribution in [2.45, 2.75) is 58.1 Å². The Kier molecular flexibility index (Phi) is 6.04. The Morgan fingerprint density at radius 2 is 2.17 bits per heavy atom. The second-order valence-electron chi connectivity index (χ2n) is 7.25. The SMILES string of the molecule is Cn1ccnc1CCNC1CCCN(C(=O)OC(C)(C)C)CC1. The van der Waals surface area contributed by atoms with Gasteiger partial charge in [-0.1, -0.05) is 0 Å². The molecule has 0 aliphatic carbocycles. The van der Waals surface area contributed by atoms with Gasteiger partial charge >= 0.3 is 6.09 Å². The molecule has 6 heteroatoms. The highest BCUT2D eigenvalue weighted by Crippen LogP contribution is 2.15. The number of hydrogen-bond acceptors (Lipinski definition) is 4. The van der Waals surface area contributed by atoms with Gasteiger partial charge in [0.1, 0.15) is 11.4 Å². The van der Waals surface area contributed by atoms with Crippen LogP contribution >= 0.6 is 0 Å². The molecule has 0 saturated carbocycles. The highest BCUT2D eigenvalue weighted by atomic mass is 16.6. The van der Waals surface area contributed by atoms with Crippen LogP contribution in [0.15, 0.2) is 12.4 Å². The molecular formula is C17H30N4O2. The third-order valence-corrected chi connectivity index (χ3v) is 4.08. The first-order valence-corrected chi connectivity index (χ1v) is 8.52. The van der Waals surface area contributed by atoms with Crippen LogP contribution in [0.25, 0.3) is 0 Å². The van der Waals surface area contributed by atoms with E-state index in [1.165, 1.54) is 0 Å². The van der Waals surface area contributed by atoms with Crippen molar-refractivity contribution in [3.05, 3.63) is 18.2 Å². The summed E-state index contributed by atoms with van der Waals surface area (Å²) in [6.07, 6.45) is 7.62. The summed E-state index contributed by atoms with van der Waals surface area (Å²) in [5.74, 6) is 1.10. The van der Waals surface area contributed by atoms with Crippen LogP contribution in [-0.2, 0) is 18.2 Å². The van der Waals surface area contributed by atoms with Crippen molar-refractivity contribution in [1.29, 1.82) is 0 Å². The molecule has 1 amide bonds. The first kappa shape index (κ1) is 17.8. The van der Waals surface area contributed by atoms with Crippen LogP contribution in [0, 0.1) is 0 Å². The van der Waals surface area contributed by atoms with E-state index in [-0.39, 0.29) is 6.09 Å². The number of aryl methyl sites for hydroxylation is 1. The summed E-state index contributed by atoms with van der Waals surface area (Å²) in [7, 11) is 2.02. The lowest BCUT2D eigenvalue weighted by Crippen LogP contribution is -2.38. The lowest BCUT2D eigenvalue weighted by Gasteiger charge is -2.26. The van der Waals surface area contributed by atoms with E-state index in [1.807, 2.05) is 45.1 Å². The Labute approximate surface area is 139 Å². The maximum absolute atomic E-state index is 12.2. The molecule has 130 valence electrons. The monoisotopic (exact) mass is 322 g/mol. The van der Waals surface area contributed by atoms with Crippen molar-refractivity contribution in [2.24, 2.45) is 7.05 Å². The second-order valence-corrected chi connectivity index (χ2v) is 7.25. The average molecular weight is 322 g/mol. The molecular weight excluding hydrogens is 292 g/mol. The molecule has 0 bridgehead atoms. The van der Waals surface area contributed by atoms with E-state index >= 15 is 0 Å². The van der Waals surface area contributed by atoms with Gasteiger partial charge in [0, 0.05) is 51.5 Å².